The van der Waals surface area contributed by atoms with Gasteiger partial charge >= 0.3 is 0 Å². The largest absolute Gasteiger partial charge is 0.324 e. The van der Waals surface area contributed by atoms with Crippen LogP contribution in [0.15, 0.2) is 53.9 Å². The Morgan fingerprint density at radius 1 is 1.09 bits per heavy atom. The van der Waals surface area contributed by atoms with Crippen LogP contribution in [0.25, 0.3) is 0 Å². The maximum Gasteiger partial charge on any atom is 0.238 e. The third kappa shape index (κ3) is 6.08. The summed E-state index contributed by atoms with van der Waals surface area (Å²) < 4.78 is 0. The zero-order valence-corrected chi connectivity index (χ0v) is 20.3. The van der Waals surface area contributed by atoms with E-state index in [9.17, 15) is 14.4 Å². The van der Waals surface area contributed by atoms with Gasteiger partial charge in [0.05, 0.1) is 17.9 Å². The van der Waals surface area contributed by atoms with E-state index in [4.69, 9.17) is 11.6 Å². The lowest BCUT2D eigenvalue weighted by Gasteiger charge is -2.30. The molecule has 0 atom stereocenters. The molecule has 9 heteroatoms. The summed E-state index contributed by atoms with van der Waals surface area (Å²) in [5.41, 5.74) is 2.18. The van der Waals surface area contributed by atoms with Gasteiger partial charge in [-0.05, 0) is 51.1 Å². The number of amides is 2. The number of nitrogens with zero attached hydrogens (tertiary/aromatic N) is 2. The van der Waals surface area contributed by atoms with Crippen LogP contribution in [-0.2, 0) is 9.59 Å². The molecule has 1 aromatic heterocycles. The van der Waals surface area contributed by atoms with Crippen LogP contribution < -0.4 is 10.6 Å². The molecule has 0 aliphatic carbocycles. The molecule has 1 saturated heterocycles. The van der Waals surface area contributed by atoms with Crippen LogP contribution in [0, 0.1) is 12.8 Å². The molecule has 4 rings (SSSR count). The van der Waals surface area contributed by atoms with Gasteiger partial charge in [-0.15, -0.1) is 11.3 Å². The molecule has 34 heavy (non-hydrogen) atoms. The first-order chi connectivity index (χ1) is 16.4. The molecule has 1 aliphatic rings. The van der Waals surface area contributed by atoms with E-state index in [1.54, 1.807) is 42.5 Å². The van der Waals surface area contributed by atoms with Crippen molar-refractivity contribution < 1.29 is 14.4 Å². The van der Waals surface area contributed by atoms with Gasteiger partial charge in [-0.1, -0.05) is 41.9 Å². The lowest BCUT2D eigenvalue weighted by atomic mass is 9.96. The number of carbonyl (C=O) groups is 3. The first-order valence-electron chi connectivity index (χ1n) is 11.0. The molecule has 2 heterocycles. The number of anilines is 2. The van der Waals surface area contributed by atoms with Crippen molar-refractivity contribution in [2.75, 3.05) is 30.3 Å². The molecule has 1 fully saturated rings. The number of rotatable bonds is 7. The SMILES string of the molecule is Cc1csc(NC(=O)C2CCN(CC(=O)Nc3ccc(Cl)cc3C(=O)c3ccccc3)CC2)n1. The maximum atomic E-state index is 13.0. The molecule has 0 saturated carbocycles. The summed E-state index contributed by atoms with van der Waals surface area (Å²) in [5.74, 6) is -0.551. The lowest BCUT2D eigenvalue weighted by Crippen LogP contribution is -2.41. The second kappa shape index (κ2) is 10.9. The number of hydrogen-bond acceptors (Lipinski definition) is 6. The van der Waals surface area contributed by atoms with Crippen molar-refractivity contribution in [1.82, 2.24) is 9.88 Å². The summed E-state index contributed by atoms with van der Waals surface area (Å²) in [5, 5.41) is 8.68. The summed E-state index contributed by atoms with van der Waals surface area (Å²) in [6, 6.07) is 13.7. The molecule has 2 amide bonds. The first-order valence-corrected chi connectivity index (χ1v) is 12.3. The number of likely N-dealkylation sites (tertiary alicyclic amines) is 1. The van der Waals surface area contributed by atoms with Crippen LogP contribution in [0.3, 0.4) is 0 Å². The number of thiazole rings is 1. The van der Waals surface area contributed by atoms with Crippen LogP contribution in [-0.4, -0.2) is 47.1 Å². The summed E-state index contributed by atoms with van der Waals surface area (Å²) in [6.07, 6.45) is 1.34. The van der Waals surface area contributed by atoms with Gasteiger partial charge < -0.3 is 10.6 Å². The van der Waals surface area contributed by atoms with Crippen molar-refractivity contribution in [2.24, 2.45) is 5.92 Å². The van der Waals surface area contributed by atoms with Crippen LogP contribution in [0.5, 0.6) is 0 Å². The number of ketones is 1. The quantitative estimate of drug-likeness (QED) is 0.465. The average Bonchev–Trinajstić information content (AvgIpc) is 3.25. The standard InChI is InChI=1S/C25H25ClN4O3S/c1-16-15-34-25(27-16)29-24(33)18-9-11-30(12-10-18)14-22(31)28-21-8-7-19(26)13-20(21)23(32)17-5-3-2-4-6-17/h2-8,13,15,18H,9-12,14H2,1H3,(H,28,31)(H,27,29,33). The fourth-order valence-corrected chi connectivity index (χ4v) is 4.79. The van der Waals surface area contributed by atoms with E-state index in [1.807, 2.05) is 23.3 Å². The average molecular weight is 497 g/mol. The Morgan fingerprint density at radius 2 is 1.82 bits per heavy atom. The molecule has 0 bridgehead atoms. The number of halogens is 1. The summed E-state index contributed by atoms with van der Waals surface area (Å²) in [4.78, 5) is 44.5. The number of carbonyl (C=O) groups excluding carboxylic acids is 3. The van der Waals surface area contributed by atoms with E-state index in [2.05, 4.69) is 15.6 Å². The molecule has 1 aliphatic heterocycles. The van der Waals surface area contributed by atoms with Crippen molar-refractivity contribution in [2.45, 2.75) is 19.8 Å². The minimum absolute atomic E-state index is 0.0244. The van der Waals surface area contributed by atoms with E-state index in [-0.39, 0.29) is 30.1 Å². The molecular formula is C25H25ClN4O3S. The van der Waals surface area contributed by atoms with Crippen molar-refractivity contribution in [3.05, 3.63) is 75.8 Å². The van der Waals surface area contributed by atoms with E-state index >= 15 is 0 Å². The highest BCUT2D eigenvalue weighted by Gasteiger charge is 2.27. The second-order valence-electron chi connectivity index (χ2n) is 8.27. The molecule has 7 nitrogen and oxygen atoms in total. The zero-order valence-electron chi connectivity index (χ0n) is 18.7. The Kier molecular flexibility index (Phi) is 7.72. The molecule has 2 aromatic carbocycles. The Morgan fingerprint density at radius 3 is 2.50 bits per heavy atom. The molecule has 0 spiro atoms. The highest BCUT2D eigenvalue weighted by molar-refractivity contribution is 7.13. The predicted molar refractivity (Wildman–Crippen MR) is 135 cm³/mol. The van der Waals surface area contributed by atoms with Crippen molar-refractivity contribution >= 4 is 51.4 Å². The number of aryl methyl sites for hydroxylation is 1. The monoisotopic (exact) mass is 496 g/mol. The fourth-order valence-electron chi connectivity index (χ4n) is 3.92. The zero-order chi connectivity index (χ0) is 24.1. The maximum absolute atomic E-state index is 13.0. The van der Waals surface area contributed by atoms with E-state index in [1.165, 1.54) is 11.3 Å². The van der Waals surface area contributed by atoms with E-state index in [0.29, 0.717) is 52.9 Å². The normalized spacial score (nSPS) is 14.5. The predicted octanol–water partition coefficient (Wildman–Crippen LogP) is 4.63. The highest BCUT2D eigenvalue weighted by atomic mass is 35.5. The van der Waals surface area contributed by atoms with Gasteiger partial charge in [0.25, 0.3) is 0 Å². The van der Waals surface area contributed by atoms with Gasteiger partial charge in [0, 0.05) is 27.4 Å². The molecule has 0 radical (unpaired) electrons. The molecule has 0 unspecified atom stereocenters. The van der Waals surface area contributed by atoms with Crippen LogP contribution in [0.1, 0.15) is 34.5 Å². The number of piperidine rings is 1. The van der Waals surface area contributed by atoms with Gasteiger partial charge in [0.1, 0.15) is 0 Å². The topological polar surface area (TPSA) is 91.4 Å². The van der Waals surface area contributed by atoms with Crippen LogP contribution in [0.4, 0.5) is 10.8 Å². The van der Waals surface area contributed by atoms with Crippen molar-refractivity contribution in [3.8, 4) is 0 Å². The highest BCUT2D eigenvalue weighted by Crippen LogP contribution is 2.25. The van der Waals surface area contributed by atoms with Gasteiger partial charge in [-0.3, -0.25) is 19.3 Å². The minimum atomic E-state index is -0.217. The van der Waals surface area contributed by atoms with Gasteiger partial charge in [-0.25, -0.2) is 4.98 Å². The van der Waals surface area contributed by atoms with Gasteiger partial charge in [0.15, 0.2) is 10.9 Å². The second-order valence-corrected chi connectivity index (χ2v) is 9.56. The Hall–Kier alpha value is -3.07. The van der Waals surface area contributed by atoms with E-state index in [0.717, 1.165) is 5.69 Å². The van der Waals surface area contributed by atoms with E-state index < -0.39 is 0 Å². The third-order valence-corrected chi connectivity index (χ3v) is 6.82. The number of hydrogen-bond donors (Lipinski definition) is 2. The number of benzene rings is 2. The molecule has 3 aromatic rings. The minimum Gasteiger partial charge on any atom is -0.324 e. The summed E-state index contributed by atoms with van der Waals surface area (Å²) in [7, 11) is 0. The summed E-state index contributed by atoms with van der Waals surface area (Å²) in [6.45, 7) is 3.35. The van der Waals surface area contributed by atoms with Crippen LogP contribution >= 0.6 is 22.9 Å². The molecule has 2 N–H and O–H groups in total. The molecule has 176 valence electrons. The van der Waals surface area contributed by atoms with Crippen molar-refractivity contribution in [1.29, 1.82) is 0 Å². The Balaban J connectivity index is 1.32. The number of nitrogens with one attached hydrogen (secondary N) is 2. The van der Waals surface area contributed by atoms with Crippen LogP contribution in [0.2, 0.25) is 5.02 Å². The summed E-state index contributed by atoms with van der Waals surface area (Å²) >= 11 is 7.54. The van der Waals surface area contributed by atoms with Gasteiger partial charge in [0.2, 0.25) is 11.8 Å². The third-order valence-electron chi connectivity index (χ3n) is 5.71. The fraction of sp³-hybridized carbons (Fsp3) is 0.280. The lowest BCUT2D eigenvalue weighted by molar-refractivity contribution is -0.121. The van der Waals surface area contributed by atoms with Crippen molar-refractivity contribution in [3.63, 3.8) is 0 Å². The Labute approximate surface area is 207 Å². The molecular weight excluding hydrogens is 472 g/mol. The Bertz CT molecular complexity index is 1190. The number of aromatic nitrogens is 1. The smallest absolute Gasteiger partial charge is 0.238 e. The first kappa shape index (κ1) is 24.1. The van der Waals surface area contributed by atoms with Gasteiger partial charge in [-0.2, -0.15) is 0 Å².